The number of aryl methyl sites for hydroxylation is 2. The predicted octanol–water partition coefficient (Wildman–Crippen LogP) is 2.50. The number of likely N-dealkylation sites (tertiary alicyclic amines) is 1. The highest BCUT2D eigenvalue weighted by Gasteiger charge is 2.32. The molecule has 0 bridgehead atoms. The predicted molar refractivity (Wildman–Crippen MR) is 78.2 cm³/mol. The van der Waals surface area contributed by atoms with Crippen molar-refractivity contribution in [3.63, 3.8) is 0 Å². The van der Waals surface area contributed by atoms with E-state index in [4.69, 9.17) is 5.73 Å². The molecule has 1 aromatic rings. The maximum atomic E-state index is 12.8. The van der Waals surface area contributed by atoms with Crippen molar-refractivity contribution in [3.05, 3.63) is 34.9 Å². The summed E-state index contributed by atoms with van der Waals surface area (Å²) in [6.45, 7) is 7.59. The van der Waals surface area contributed by atoms with E-state index in [1.807, 2.05) is 36.9 Å². The zero-order chi connectivity index (χ0) is 14.0. The van der Waals surface area contributed by atoms with E-state index in [1.165, 1.54) is 6.42 Å². The number of amides is 1. The normalized spacial score (nSPS) is 23.5. The average molecular weight is 260 g/mol. The van der Waals surface area contributed by atoms with Crippen molar-refractivity contribution in [3.8, 4) is 0 Å². The van der Waals surface area contributed by atoms with Crippen LogP contribution >= 0.6 is 0 Å². The van der Waals surface area contributed by atoms with E-state index in [1.54, 1.807) is 0 Å². The van der Waals surface area contributed by atoms with Gasteiger partial charge in [-0.15, -0.1) is 0 Å². The van der Waals surface area contributed by atoms with Crippen LogP contribution in [0.2, 0.25) is 0 Å². The average Bonchev–Trinajstić information content (AvgIpc) is 2.38. The molecule has 104 valence electrons. The fraction of sp³-hybridized carbons (Fsp3) is 0.562. The Morgan fingerprint density at radius 3 is 2.58 bits per heavy atom. The zero-order valence-corrected chi connectivity index (χ0v) is 12.1. The van der Waals surface area contributed by atoms with E-state index < -0.39 is 0 Å². The number of benzene rings is 1. The number of carbonyl (C=O) groups is 1. The van der Waals surface area contributed by atoms with Gasteiger partial charge in [-0.05, 0) is 43.7 Å². The second-order valence-electron chi connectivity index (χ2n) is 5.69. The van der Waals surface area contributed by atoms with Crippen molar-refractivity contribution < 1.29 is 4.79 Å². The van der Waals surface area contributed by atoms with Crippen LogP contribution in [0, 0.1) is 19.8 Å². The van der Waals surface area contributed by atoms with Gasteiger partial charge in [0.15, 0.2) is 0 Å². The van der Waals surface area contributed by atoms with E-state index in [0.29, 0.717) is 12.5 Å². The molecule has 2 rings (SSSR count). The lowest BCUT2D eigenvalue weighted by Crippen LogP contribution is -2.51. The quantitative estimate of drug-likeness (QED) is 0.888. The molecule has 1 aliphatic heterocycles. The van der Waals surface area contributed by atoms with Crippen LogP contribution in [0.4, 0.5) is 0 Å². The van der Waals surface area contributed by atoms with Gasteiger partial charge in [0.25, 0.3) is 5.91 Å². The summed E-state index contributed by atoms with van der Waals surface area (Å²) in [4.78, 5) is 14.8. The number of hydrogen-bond donors (Lipinski definition) is 1. The lowest BCUT2D eigenvalue weighted by Gasteiger charge is -2.40. The Kier molecular flexibility index (Phi) is 4.25. The minimum atomic E-state index is 0.151. The highest BCUT2D eigenvalue weighted by molar-refractivity contribution is 5.97. The van der Waals surface area contributed by atoms with Crippen molar-refractivity contribution >= 4 is 5.91 Å². The van der Waals surface area contributed by atoms with Crippen LogP contribution in [0.3, 0.4) is 0 Å². The zero-order valence-electron chi connectivity index (χ0n) is 12.1. The van der Waals surface area contributed by atoms with E-state index in [2.05, 4.69) is 6.92 Å². The van der Waals surface area contributed by atoms with Gasteiger partial charge in [0, 0.05) is 24.7 Å². The Labute approximate surface area is 115 Å². The maximum Gasteiger partial charge on any atom is 0.254 e. The molecule has 1 amide bonds. The second kappa shape index (κ2) is 5.74. The second-order valence-corrected chi connectivity index (χ2v) is 5.69. The van der Waals surface area contributed by atoms with Crippen molar-refractivity contribution in [2.24, 2.45) is 11.7 Å². The lowest BCUT2D eigenvalue weighted by atomic mass is 9.89. The van der Waals surface area contributed by atoms with Crippen LogP contribution in [0.15, 0.2) is 18.2 Å². The third-order valence-electron chi connectivity index (χ3n) is 4.31. The van der Waals surface area contributed by atoms with Crippen molar-refractivity contribution in [2.75, 3.05) is 13.1 Å². The Hall–Kier alpha value is -1.35. The smallest absolute Gasteiger partial charge is 0.254 e. The van der Waals surface area contributed by atoms with Crippen LogP contribution < -0.4 is 5.73 Å². The molecule has 1 heterocycles. The van der Waals surface area contributed by atoms with Crippen molar-refractivity contribution in [1.29, 1.82) is 0 Å². The fourth-order valence-electron chi connectivity index (χ4n) is 3.16. The standard InChI is InChI=1S/C16H24N2O/c1-11-8-5-9-18(14(11)10-17)16(19)15-12(2)6-4-7-13(15)3/h4,6-7,11,14H,5,8-10,17H2,1-3H3. The summed E-state index contributed by atoms with van der Waals surface area (Å²) in [6.07, 6.45) is 2.24. The number of hydrogen-bond acceptors (Lipinski definition) is 2. The molecular weight excluding hydrogens is 236 g/mol. The number of rotatable bonds is 2. The molecule has 0 aliphatic carbocycles. The molecule has 1 fully saturated rings. The molecule has 3 nitrogen and oxygen atoms in total. The summed E-state index contributed by atoms with van der Waals surface area (Å²) in [6, 6.07) is 6.19. The third-order valence-corrected chi connectivity index (χ3v) is 4.31. The monoisotopic (exact) mass is 260 g/mol. The summed E-state index contributed by atoms with van der Waals surface area (Å²) in [7, 11) is 0. The summed E-state index contributed by atoms with van der Waals surface area (Å²) in [5, 5.41) is 0. The Balaban J connectivity index is 2.32. The third kappa shape index (κ3) is 2.66. The number of carbonyl (C=O) groups excluding carboxylic acids is 1. The largest absolute Gasteiger partial charge is 0.334 e. The Morgan fingerprint density at radius 2 is 2.00 bits per heavy atom. The van der Waals surface area contributed by atoms with Crippen LogP contribution in [-0.2, 0) is 0 Å². The number of nitrogens with zero attached hydrogens (tertiary/aromatic N) is 1. The molecule has 3 heteroatoms. The SMILES string of the molecule is Cc1cccc(C)c1C(=O)N1CCCC(C)C1CN. The number of nitrogens with two attached hydrogens (primary N) is 1. The van der Waals surface area contributed by atoms with E-state index in [0.717, 1.165) is 29.7 Å². The van der Waals surface area contributed by atoms with Gasteiger partial charge in [0.1, 0.15) is 0 Å². The number of piperidine rings is 1. The van der Waals surface area contributed by atoms with Crippen molar-refractivity contribution in [2.45, 2.75) is 39.7 Å². The van der Waals surface area contributed by atoms with Gasteiger partial charge in [-0.25, -0.2) is 0 Å². The molecule has 19 heavy (non-hydrogen) atoms. The first-order valence-electron chi connectivity index (χ1n) is 7.13. The maximum absolute atomic E-state index is 12.8. The first-order chi connectivity index (χ1) is 9.06. The molecule has 0 spiro atoms. The fourth-order valence-corrected chi connectivity index (χ4v) is 3.16. The molecule has 1 aliphatic rings. The van der Waals surface area contributed by atoms with E-state index >= 15 is 0 Å². The van der Waals surface area contributed by atoms with Crippen molar-refractivity contribution in [1.82, 2.24) is 4.90 Å². The summed E-state index contributed by atoms with van der Waals surface area (Å²) >= 11 is 0. The van der Waals surface area contributed by atoms with Crippen LogP contribution in [0.5, 0.6) is 0 Å². The minimum absolute atomic E-state index is 0.151. The van der Waals surface area contributed by atoms with E-state index in [9.17, 15) is 4.79 Å². The van der Waals surface area contributed by atoms with Gasteiger partial charge in [-0.1, -0.05) is 25.1 Å². The van der Waals surface area contributed by atoms with Crippen LogP contribution in [0.25, 0.3) is 0 Å². The minimum Gasteiger partial charge on any atom is -0.334 e. The lowest BCUT2D eigenvalue weighted by molar-refractivity contribution is 0.0531. The van der Waals surface area contributed by atoms with Gasteiger partial charge in [0.2, 0.25) is 0 Å². The summed E-state index contributed by atoms with van der Waals surface area (Å²) < 4.78 is 0. The van der Waals surface area contributed by atoms with E-state index in [-0.39, 0.29) is 11.9 Å². The first-order valence-corrected chi connectivity index (χ1v) is 7.13. The molecule has 2 atom stereocenters. The summed E-state index contributed by atoms with van der Waals surface area (Å²) in [5.41, 5.74) is 8.85. The van der Waals surface area contributed by atoms with Gasteiger partial charge in [-0.2, -0.15) is 0 Å². The molecular formula is C16H24N2O. The summed E-state index contributed by atoms with van der Waals surface area (Å²) in [5.74, 6) is 0.643. The molecule has 2 N–H and O–H groups in total. The van der Waals surface area contributed by atoms with Gasteiger partial charge in [-0.3, -0.25) is 4.79 Å². The molecule has 0 saturated carbocycles. The highest BCUT2D eigenvalue weighted by atomic mass is 16.2. The highest BCUT2D eigenvalue weighted by Crippen LogP contribution is 2.26. The van der Waals surface area contributed by atoms with Gasteiger partial charge in [0.05, 0.1) is 0 Å². The molecule has 1 saturated heterocycles. The van der Waals surface area contributed by atoms with Crippen LogP contribution in [0.1, 0.15) is 41.3 Å². The Morgan fingerprint density at radius 1 is 1.37 bits per heavy atom. The van der Waals surface area contributed by atoms with Crippen LogP contribution in [-0.4, -0.2) is 29.9 Å². The van der Waals surface area contributed by atoms with Gasteiger partial charge >= 0.3 is 0 Å². The first kappa shape index (κ1) is 14.1. The Bertz CT molecular complexity index is 450. The molecule has 2 unspecified atom stereocenters. The van der Waals surface area contributed by atoms with Gasteiger partial charge < -0.3 is 10.6 Å². The molecule has 1 aromatic carbocycles. The molecule has 0 radical (unpaired) electrons. The molecule has 0 aromatic heterocycles. The topological polar surface area (TPSA) is 46.3 Å².